The second-order valence-corrected chi connectivity index (χ2v) is 7.37. The molecule has 2 aromatic heterocycles. The predicted molar refractivity (Wildman–Crippen MR) is 108 cm³/mol. The first-order chi connectivity index (χ1) is 14.0. The van der Waals surface area contributed by atoms with Gasteiger partial charge in [0.1, 0.15) is 11.5 Å². The lowest BCUT2D eigenvalue weighted by Crippen LogP contribution is -2.24. The highest BCUT2D eigenvalue weighted by Crippen LogP contribution is 2.25. The molecule has 3 aromatic rings. The van der Waals surface area contributed by atoms with Crippen molar-refractivity contribution in [3.63, 3.8) is 0 Å². The van der Waals surface area contributed by atoms with Crippen LogP contribution in [0.2, 0.25) is 5.02 Å². The van der Waals surface area contributed by atoms with Gasteiger partial charge in [0.25, 0.3) is 5.56 Å². The normalized spacial score (nSPS) is 14.7. The lowest BCUT2D eigenvalue weighted by molar-refractivity contribution is 0.0971. The van der Waals surface area contributed by atoms with Crippen LogP contribution in [-0.2, 0) is 0 Å². The number of benzene rings is 1. The molecule has 1 atom stereocenters. The van der Waals surface area contributed by atoms with Crippen molar-refractivity contribution in [2.24, 2.45) is 0 Å². The lowest BCUT2D eigenvalue weighted by atomic mass is 10.0. The van der Waals surface area contributed by atoms with E-state index in [-0.39, 0.29) is 16.5 Å². The van der Waals surface area contributed by atoms with E-state index in [2.05, 4.69) is 19.9 Å². The molecule has 1 aromatic carbocycles. The van der Waals surface area contributed by atoms with Crippen molar-refractivity contribution < 1.29 is 4.79 Å². The Hall–Kier alpha value is -3.31. The number of H-pyrrole nitrogens is 1. The summed E-state index contributed by atoms with van der Waals surface area (Å²) >= 11 is 6.16. The number of hydrogen-bond acceptors (Lipinski definition) is 7. The fourth-order valence-corrected chi connectivity index (χ4v) is 3.57. The quantitative estimate of drug-likeness (QED) is 0.659. The van der Waals surface area contributed by atoms with Crippen LogP contribution in [0.15, 0.2) is 29.2 Å². The van der Waals surface area contributed by atoms with E-state index in [0.29, 0.717) is 16.9 Å². The van der Waals surface area contributed by atoms with Gasteiger partial charge in [0.15, 0.2) is 5.92 Å². The average molecular weight is 409 g/mol. The van der Waals surface area contributed by atoms with Gasteiger partial charge in [-0.25, -0.2) is 15.0 Å². The van der Waals surface area contributed by atoms with Crippen LogP contribution in [0.1, 0.15) is 40.6 Å². The highest BCUT2D eigenvalue weighted by molar-refractivity contribution is 6.33. The SMILES string of the molecule is Cc1ccc2nc(C(C#N)C(=O)c3nc(N4CCCC4)ncc3Cl)[nH]c(=O)c2c1. The summed E-state index contributed by atoms with van der Waals surface area (Å²) in [6, 6.07) is 7.12. The number of aromatic amines is 1. The Morgan fingerprint density at radius 1 is 1.31 bits per heavy atom. The first-order valence-corrected chi connectivity index (χ1v) is 9.57. The van der Waals surface area contributed by atoms with E-state index in [0.717, 1.165) is 31.5 Å². The van der Waals surface area contributed by atoms with E-state index in [1.54, 1.807) is 12.1 Å². The van der Waals surface area contributed by atoms with E-state index in [4.69, 9.17) is 11.6 Å². The highest BCUT2D eigenvalue weighted by atomic mass is 35.5. The summed E-state index contributed by atoms with van der Waals surface area (Å²) in [6.07, 6.45) is 3.42. The molecule has 1 unspecified atom stereocenters. The lowest BCUT2D eigenvalue weighted by Gasteiger charge is -2.16. The molecule has 1 fully saturated rings. The van der Waals surface area contributed by atoms with Gasteiger partial charge in [-0.3, -0.25) is 9.59 Å². The van der Waals surface area contributed by atoms with Crippen LogP contribution in [0.3, 0.4) is 0 Å². The smallest absolute Gasteiger partial charge is 0.258 e. The van der Waals surface area contributed by atoms with Crippen molar-refractivity contribution in [1.29, 1.82) is 5.26 Å². The van der Waals surface area contributed by atoms with Crippen molar-refractivity contribution in [3.8, 4) is 6.07 Å². The molecular weight excluding hydrogens is 392 g/mol. The number of carbonyl (C=O) groups excluding carboxylic acids is 1. The minimum atomic E-state index is -1.34. The number of Topliss-reactive ketones (excluding diaryl/α,β-unsaturated/α-hetero) is 1. The number of nitriles is 1. The zero-order valence-corrected chi connectivity index (χ0v) is 16.4. The van der Waals surface area contributed by atoms with Crippen LogP contribution in [-0.4, -0.2) is 38.8 Å². The Morgan fingerprint density at radius 2 is 2.07 bits per heavy atom. The Kier molecular flexibility index (Phi) is 4.99. The summed E-state index contributed by atoms with van der Waals surface area (Å²) in [5, 5.41) is 10.1. The van der Waals surface area contributed by atoms with E-state index in [1.807, 2.05) is 24.0 Å². The van der Waals surface area contributed by atoms with Gasteiger partial charge >= 0.3 is 0 Å². The second kappa shape index (κ2) is 7.60. The summed E-state index contributed by atoms with van der Waals surface area (Å²) in [5.74, 6) is -1.60. The molecule has 29 heavy (non-hydrogen) atoms. The molecule has 3 heterocycles. The molecule has 1 aliphatic rings. The molecule has 0 radical (unpaired) electrons. The summed E-state index contributed by atoms with van der Waals surface area (Å²) in [4.78, 5) is 42.9. The molecule has 8 nitrogen and oxygen atoms in total. The molecule has 0 spiro atoms. The zero-order chi connectivity index (χ0) is 20.5. The molecule has 4 rings (SSSR count). The van der Waals surface area contributed by atoms with Crippen LogP contribution in [0, 0.1) is 18.3 Å². The molecule has 0 saturated carbocycles. The number of rotatable bonds is 4. The van der Waals surface area contributed by atoms with Crippen LogP contribution in [0.4, 0.5) is 5.95 Å². The standard InChI is InChI=1S/C20H17ClN6O2/c1-11-4-5-15-12(8-11)19(29)26-18(24-15)13(9-22)17(28)16-14(21)10-23-20(25-16)27-6-2-3-7-27/h4-5,8,10,13H,2-3,6-7H2,1H3,(H,24,26,29). The van der Waals surface area contributed by atoms with Gasteiger partial charge < -0.3 is 9.88 Å². The molecule has 1 N–H and O–H groups in total. The molecule has 1 saturated heterocycles. The number of anilines is 1. The van der Waals surface area contributed by atoms with Gasteiger partial charge in [0.05, 0.1) is 28.2 Å². The monoisotopic (exact) mass is 408 g/mol. The predicted octanol–water partition coefficient (Wildman–Crippen LogP) is 2.77. The van der Waals surface area contributed by atoms with Crippen molar-refractivity contribution in [3.05, 3.63) is 56.9 Å². The number of hydrogen-bond donors (Lipinski definition) is 1. The highest BCUT2D eigenvalue weighted by Gasteiger charge is 2.29. The average Bonchev–Trinajstić information content (AvgIpc) is 3.24. The number of ketones is 1. The topological polar surface area (TPSA) is 116 Å². The first kappa shape index (κ1) is 19.0. The maximum absolute atomic E-state index is 13.1. The number of aromatic nitrogens is 4. The van der Waals surface area contributed by atoms with E-state index >= 15 is 0 Å². The Bertz CT molecular complexity index is 1210. The van der Waals surface area contributed by atoms with Crippen molar-refractivity contribution in [1.82, 2.24) is 19.9 Å². The molecule has 146 valence electrons. The van der Waals surface area contributed by atoms with Crippen molar-refractivity contribution in [2.45, 2.75) is 25.7 Å². The summed E-state index contributed by atoms with van der Waals surface area (Å²) in [7, 11) is 0. The fraction of sp³-hybridized carbons (Fsp3) is 0.300. The third-order valence-corrected chi connectivity index (χ3v) is 5.17. The fourth-order valence-electron chi connectivity index (χ4n) is 3.39. The number of halogens is 1. The van der Waals surface area contributed by atoms with Gasteiger partial charge in [-0.1, -0.05) is 23.2 Å². The third-order valence-electron chi connectivity index (χ3n) is 4.90. The summed E-state index contributed by atoms with van der Waals surface area (Å²) < 4.78 is 0. The number of nitrogens with zero attached hydrogens (tertiary/aromatic N) is 5. The molecule has 1 aliphatic heterocycles. The molecule has 0 amide bonds. The van der Waals surface area contributed by atoms with Crippen LogP contribution in [0.25, 0.3) is 10.9 Å². The maximum Gasteiger partial charge on any atom is 0.258 e. The Morgan fingerprint density at radius 3 is 2.79 bits per heavy atom. The zero-order valence-electron chi connectivity index (χ0n) is 15.6. The van der Waals surface area contributed by atoms with Crippen molar-refractivity contribution in [2.75, 3.05) is 18.0 Å². The van der Waals surface area contributed by atoms with Gasteiger partial charge in [0, 0.05) is 13.1 Å². The largest absolute Gasteiger partial charge is 0.341 e. The van der Waals surface area contributed by atoms with Crippen LogP contribution in [0.5, 0.6) is 0 Å². The third kappa shape index (κ3) is 3.57. The molecular formula is C20H17ClN6O2. The number of nitrogens with one attached hydrogen (secondary N) is 1. The van der Waals surface area contributed by atoms with Gasteiger partial charge in [-0.2, -0.15) is 5.26 Å². The van der Waals surface area contributed by atoms with Crippen LogP contribution < -0.4 is 10.5 Å². The molecule has 0 aliphatic carbocycles. The maximum atomic E-state index is 13.1. The summed E-state index contributed by atoms with van der Waals surface area (Å²) in [5.41, 5.74) is 0.858. The molecule has 0 bridgehead atoms. The van der Waals surface area contributed by atoms with E-state index < -0.39 is 17.3 Å². The van der Waals surface area contributed by atoms with Gasteiger partial charge in [0.2, 0.25) is 11.7 Å². The van der Waals surface area contributed by atoms with Gasteiger partial charge in [-0.15, -0.1) is 0 Å². The first-order valence-electron chi connectivity index (χ1n) is 9.20. The minimum Gasteiger partial charge on any atom is -0.341 e. The van der Waals surface area contributed by atoms with E-state index in [9.17, 15) is 14.9 Å². The van der Waals surface area contributed by atoms with E-state index in [1.165, 1.54) is 6.20 Å². The van der Waals surface area contributed by atoms with Crippen LogP contribution >= 0.6 is 11.6 Å². The number of fused-ring (bicyclic) bond motifs is 1. The molecule has 9 heteroatoms. The Balaban J connectivity index is 1.75. The Labute approximate surface area is 171 Å². The number of aryl methyl sites for hydroxylation is 1. The van der Waals surface area contributed by atoms with Gasteiger partial charge in [-0.05, 0) is 31.9 Å². The summed E-state index contributed by atoms with van der Waals surface area (Å²) in [6.45, 7) is 3.47. The second-order valence-electron chi connectivity index (χ2n) is 6.96. The van der Waals surface area contributed by atoms with Crippen molar-refractivity contribution >= 4 is 34.2 Å². The minimum absolute atomic E-state index is 0.0312. The number of carbonyl (C=O) groups is 1.